The summed E-state index contributed by atoms with van der Waals surface area (Å²) in [5, 5.41) is 4.55. The van der Waals surface area contributed by atoms with E-state index >= 15 is 0 Å². The maximum atomic E-state index is 4.71. The third kappa shape index (κ3) is 3.17. The fourth-order valence-electron chi connectivity index (χ4n) is 2.75. The van der Waals surface area contributed by atoms with Crippen molar-refractivity contribution in [1.82, 2.24) is 4.98 Å². The number of para-hydroxylation sites is 1. The van der Waals surface area contributed by atoms with Crippen molar-refractivity contribution >= 4 is 27.2 Å². The second kappa shape index (κ2) is 6.46. The van der Waals surface area contributed by atoms with Crippen LogP contribution < -0.4 is 5.32 Å². The van der Waals surface area contributed by atoms with Crippen LogP contribution in [0.3, 0.4) is 0 Å². The smallest absolute Gasteiger partial charge is 0.124 e. The number of thiazole rings is 1. The van der Waals surface area contributed by atoms with E-state index in [2.05, 4.69) is 79.0 Å². The van der Waals surface area contributed by atoms with Gasteiger partial charge in [0.25, 0.3) is 0 Å². The lowest BCUT2D eigenvalue weighted by molar-refractivity contribution is 1.14. The number of anilines is 1. The molecule has 0 radical (unpaired) electrons. The Labute approximate surface area is 145 Å². The molecule has 3 aromatic carbocycles. The van der Waals surface area contributed by atoms with Gasteiger partial charge >= 0.3 is 0 Å². The van der Waals surface area contributed by atoms with Crippen LogP contribution in [0.15, 0.2) is 72.8 Å². The first-order valence-electron chi connectivity index (χ1n) is 8.03. The van der Waals surface area contributed by atoms with Gasteiger partial charge in [-0.2, -0.15) is 0 Å². The quantitative estimate of drug-likeness (QED) is 0.505. The van der Waals surface area contributed by atoms with Crippen LogP contribution in [0.2, 0.25) is 0 Å². The van der Waals surface area contributed by atoms with Crippen molar-refractivity contribution in [3.63, 3.8) is 0 Å². The standard InChI is InChI=1S/C21H18N2S/c1-15-5-4-6-16(13-15)14-22-18-11-9-17(10-12-18)21-23-19-7-2-3-8-20(19)24-21/h2-13,22H,14H2,1H3. The molecule has 0 bridgehead atoms. The largest absolute Gasteiger partial charge is 0.381 e. The van der Waals surface area contributed by atoms with Gasteiger partial charge in [0.2, 0.25) is 0 Å². The molecule has 4 rings (SSSR count). The zero-order valence-corrected chi connectivity index (χ0v) is 14.3. The minimum absolute atomic E-state index is 0.835. The first kappa shape index (κ1) is 14.9. The number of hydrogen-bond donors (Lipinski definition) is 1. The Morgan fingerprint density at radius 1 is 0.917 bits per heavy atom. The van der Waals surface area contributed by atoms with Crippen LogP contribution in [0.4, 0.5) is 5.69 Å². The first-order valence-corrected chi connectivity index (χ1v) is 8.85. The molecule has 0 fully saturated rings. The fourth-order valence-corrected chi connectivity index (χ4v) is 3.72. The second-order valence-corrected chi connectivity index (χ2v) is 6.94. The summed E-state index contributed by atoms with van der Waals surface area (Å²) >= 11 is 1.74. The highest BCUT2D eigenvalue weighted by atomic mass is 32.1. The molecule has 0 amide bonds. The second-order valence-electron chi connectivity index (χ2n) is 5.91. The van der Waals surface area contributed by atoms with E-state index in [-0.39, 0.29) is 0 Å². The number of nitrogens with one attached hydrogen (secondary N) is 1. The van der Waals surface area contributed by atoms with Crippen molar-refractivity contribution in [2.75, 3.05) is 5.32 Å². The fraction of sp³-hybridized carbons (Fsp3) is 0.0952. The molecule has 24 heavy (non-hydrogen) atoms. The molecule has 2 nitrogen and oxygen atoms in total. The van der Waals surface area contributed by atoms with Gasteiger partial charge in [0.15, 0.2) is 0 Å². The number of aromatic nitrogens is 1. The van der Waals surface area contributed by atoms with Gasteiger partial charge in [-0.3, -0.25) is 0 Å². The normalized spacial score (nSPS) is 10.9. The van der Waals surface area contributed by atoms with Gasteiger partial charge in [-0.05, 0) is 48.9 Å². The average Bonchev–Trinajstić information content (AvgIpc) is 3.05. The topological polar surface area (TPSA) is 24.9 Å². The highest BCUT2D eigenvalue weighted by molar-refractivity contribution is 7.21. The Balaban J connectivity index is 1.50. The van der Waals surface area contributed by atoms with E-state index in [9.17, 15) is 0 Å². The van der Waals surface area contributed by atoms with Crippen LogP contribution in [-0.2, 0) is 6.54 Å². The Bertz CT molecular complexity index is 937. The van der Waals surface area contributed by atoms with E-state index in [1.807, 2.05) is 6.07 Å². The summed E-state index contributed by atoms with van der Waals surface area (Å²) in [6.45, 7) is 2.96. The molecule has 1 heterocycles. The van der Waals surface area contributed by atoms with Crippen LogP contribution in [0.1, 0.15) is 11.1 Å². The number of fused-ring (bicyclic) bond motifs is 1. The van der Waals surface area contributed by atoms with Gasteiger partial charge in [-0.15, -0.1) is 11.3 Å². The highest BCUT2D eigenvalue weighted by Gasteiger charge is 2.05. The molecule has 118 valence electrons. The van der Waals surface area contributed by atoms with E-state index in [1.165, 1.54) is 15.8 Å². The Hall–Kier alpha value is -2.65. The van der Waals surface area contributed by atoms with E-state index in [0.29, 0.717) is 0 Å². The van der Waals surface area contributed by atoms with Gasteiger partial charge in [-0.1, -0.05) is 42.0 Å². The molecule has 0 atom stereocenters. The molecule has 0 aliphatic heterocycles. The first-order chi connectivity index (χ1) is 11.8. The van der Waals surface area contributed by atoms with Gasteiger partial charge in [0.05, 0.1) is 10.2 Å². The number of aryl methyl sites for hydroxylation is 1. The summed E-state index contributed by atoms with van der Waals surface area (Å²) in [5.74, 6) is 0. The number of benzene rings is 3. The van der Waals surface area contributed by atoms with E-state index < -0.39 is 0 Å². The predicted molar refractivity (Wildman–Crippen MR) is 104 cm³/mol. The van der Waals surface area contributed by atoms with Crippen LogP contribution >= 0.6 is 11.3 Å². The monoisotopic (exact) mass is 330 g/mol. The van der Waals surface area contributed by atoms with Gasteiger partial charge < -0.3 is 5.32 Å². The molecule has 0 saturated heterocycles. The van der Waals surface area contributed by atoms with Crippen LogP contribution in [0, 0.1) is 6.92 Å². The molecule has 4 aromatic rings. The van der Waals surface area contributed by atoms with Crippen LogP contribution in [0.25, 0.3) is 20.8 Å². The molecule has 0 aliphatic rings. The van der Waals surface area contributed by atoms with E-state index in [1.54, 1.807) is 11.3 Å². The van der Waals surface area contributed by atoms with Gasteiger partial charge in [-0.25, -0.2) is 4.98 Å². The average molecular weight is 330 g/mol. The lowest BCUT2D eigenvalue weighted by Crippen LogP contribution is -1.99. The van der Waals surface area contributed by atoms with E-state index in [0.717, 1.165) is 28.3 Å². The van der Waals surface area contributed by atoms with Gasteiger partial charge in [0, 0.05) is 17.8 Å². The molecular weight excluding hydrogens is 312 g/mol. The summed E-state index contributed by atoms with van der Waals surface area (Å²) in [6.07, 6.45) is 0. The number of nitrogens with zero attached hydrogens (tertiary/aromatic N) is 1. The van der Waals surface area contributed by atoms with E-state index in [4.69, 9.17) is 4.98 Å². The Kier molecular flexibility index (Phi) is 4.01. The zero-order chi connectivity index (χ0) is 16.4. The summed E-state index contributed by atoms with van der Waals surface area (Å²) in [4.78, 5) is 4.71. The minimum Gasteiger partial charge on any atom is -0.381 e. The molecule has 3 heteroatoms. The summed E-state index contributed by atoms with van der Waals surface area (Å²) in [5.41, 5.74) is 5.95. The molecule has 0 saturated carbocycles. The molecule has 0 spiro atoms. The molecule has 1 N–H and O–H groups in total. The Morgan fingerprint density at radius 3 is 2.54 bits per heavy atom. The maximum absolute atomic E-state index is 4.71. The van der Waals surface area contributed by atoms with Crippen LogP contribution in [0.5, 0.6) is 0 Å². The van der Waals surface area contributed by atoms with Crippen molar-refractivity contribution in [3.8, 4) is 10.6 Å². The van der Waals surface area contributed by atoms with Crippen molar-refractivity contribution in [3.05, 3.63) is 83.9 Å². The maximum Gasteiger partial charge on any atom is 0.124 e. The molecule has 0 unspecified atom stereocenters. The zero-order valence-electron chi connectivity index (χ0n) is 13.5. The van der Waals surface area contributed by atoms with Crippen molar-refractivity contribution in [1.29, 1.82) is 0 Å². The Morgan fingerprint density at radius 2 is 1.75 bits per heavy atom. The summed E-state index contributed by atoms with van der Waals surface area (Å²) < 4.78 is 1.23. The third-order valence-corrected chi connectivity index (χ3v) is 5.09. The van der Waals surface area contributed by atoms with Crippen molar-refractivity contribution in [2.45, 2.75) is 13.5 Å². The van der Waals surface area contributed by atoms with Crippen molar-refractivity contribution < 1.29 is 0 Å². The molecule has 1 aromatic heterocycles. The summed E-state index contributed by atoms with van der Waals surface area (Å²) in [6, 6.07) is 25.4. The van der Waals surface area contributed by atoms with Gasteiger partial charge in [0.1, 0.15) is 5.01 Å². The minimum atomic E-state index is 0.835. The highest BCUT2D eigenvalue weighted by Crippen LogP contribution is 2.30. The third-order valence-electron chi connectivity index (χ3n) is 4.00. The summed E-state index contributed by atoms with van der Waals surface area (Å²) in [7, 11) is 0. The number of rotatable bonds is 4. The lowest BCUT2D eigenvalue weighted by atomic mass is 10.1. The van der Waals surface area contributed by atoms with Crippen LogP contribution in [-0.4, -0.2) is 4.98 Å². The molecule has 0 aliphatic carbocycles. The lowest BCUT2D eigenvalue weighted by Gasteiger charge is -2.07. The SMILES string of the molecule is Cc1cccc(CNc2ccc(-c3nc4ccccc4s3)cc2)c1. The predicted octanol–water partition coefficient (Wildman–Crippen LogP) is 5.88. The molecular formula is C21H18N2S. The van der Waals surface area contributed by atoms with Crippen molar-refractivity contribution in [2.24, 2.45) is 0 Å². The number of hydrogen-bond acceptors (Lipinski definition) is 3.